The number of rotatable bonds is 47. The molecule has 0 aromatic carbocycles. The molecule has 8 heteroatoms. The molecule has 0 amide bonds. The molecular formula is C52H99NO7. The van der Waals surface area contributed by atoms with Crippen LogP contribution < -0.4 is 5.11 Å². The van der Waals surface area contributed by atoms with Gasteiger partial charge in [-0.25, -0.2) is 0 Å². The maximum absolute atomic E-state index is 12.8. The zero-order valence-corrected chi connectivity index (χ0v) is 40.4. The van der Waals surface area contributed by atoms with Gasteiger partial charge in [0, 0.05) is 19.3 Å². The van der Waals surface area contributed by atoms with Crippen LogP contribution in [0.4, 0.5) is 0 Å². The minimum atomic E-state index is -1.12. The average Bonchev–Trinajstić information content (AvgIpc) is 3.21. The summed E-state index contributed by atoms with van der Waals surface area (Å²) in [4.78, 5) is 37.0. The number of nitrogens with zero attached hydrogens (tertiary/aromatic N) is 1. The molecule has 0 rings (SSSR count). The Morgan fingerprint density at radius 3 is 1.20 bits per heavy atom. The van der Waals surface area contributed by atoms with E-state index in [2.05, 4.69) is 26.0 Å². The van der Waals surface area contributed by atoms with E-state index < -0.39 is 18.1 Å². The molecule has 0 N–H and O–H groups in total. The van der Waals surface area contributed by atoms with Gasteiger partial charge < -0.3 is 28.6 Å². The van der Waals surface area contributed by atoms with Crippen molar-refractivity contribution in [3.05, 3.63) is 12.2 Å². The Labute approximate surface area is 371 Å². The second-order valence-electron chi connectivity index (χ2n) is 18.8. The largest absolute Gasteiger partial charge is 0.544 e. The molecule has 0 radical (unpaired) electrons. The van der Waals surface area contributed by atoms with Crippen molar-refractivity contribution in [3.63, 3.8) is 0 Å². The molecule has 0 aliphatic rings. The summed E-state index contributed by atoms with van der Waals surface area (Å²) >= 11 is 0. The van der Waals surface area contributed by atoms with Crippen LogP contribution in [0, 0.1) is 0 Å². The first-order valence-electron chi connectivity index (χ1n) is 25.7. The van der Waals surface area contributed by atoms with Crippen molar-refractivity contribution in [3.8, 4) is 0 Å². The van der Waals surface area contributed by atoms with Gasteiger partial charge in [-0.2, -0.15) is 0 Å². The highest BCUT2D eigenvalue weighted by Gasteiger charge is 2.25. The van der Waals surface area contributed by atoms with Crippen LogP contribution in [0.25, 0.3) is 0 Å². The molecule has 8 nitrogen and oxygen atoms in total. The van der Waals surface area contributed by atoms with E-state index in [1.54, 1.807) is 0 Å². The van der Waals surface area contributed by atoms with Gasteiger partial charge in [0.2, 0.25) is 0 Å². The third-order valence-corrected chi connectivity index (χ3v) is 11.9. The van der Waals surface area contributed by atoms with Gasteiger partial charge in [0.15, 0.2) is 6.10 Å². The van der Waals surface area contributed by atoms with Gasteiger partial charge >= 0.3 is 11.9 Å². The number of esters is 2. The summed E-state index contributed by atoms with van der Waals surface area (Å²) in [6.07, 6.45) is 48.1. The zero-order valence-electron chi connectivity index (χ0n) is 40.4. The topological polar surface area (TPSA) is 102 Å². The van der Waals surface area contributed by atoms with Crippen molar-refractivity contribution in [2.75, 3.05) is 41.0 Å². The monoisotopic (exact) mass is 850 g/mol. The van der Waals surface area contributed by atoms with Crippen molar-refractivity contribution < 1.29 is 38.2 Å². The minimum Gasteiger partial charge on any atom is -0.544 e. The lowest BCUT2D eigenvalue weighted by atomic mass is 10.0. The smallest absolute Gasteiger partial charge is 0.306 e. The summed E-state index contributed by atoms with van der Waals surface area (Å²) < 4.78 is 17.3. The van der Waals surface area contributed by atoms with Gasteiger partial charge in [0.25, 0.3) is 0 Å². The lowest BCUT2D eigenvalue weighted by molar-refractivity contribution is -0.889. The van der Waals surface area contributed by atoms with Crippen LogP contribution >= 0.6 is 0 Å². The van der Waals surface area contributed by atoms with E-state index in [1.807, 2.05) is 21.1 Å². The Morgan fingerprint density at radius 2 is 0.833 bits per heavy atom. The fourth-order valence-electron chi connectivity index (χ4n) is 7.89. The highest BCUT2D eigenvalue weighted by molar-refractivity contribution is 5.70. The lowest BCUT2D eigenvalue weighted by Gasteiger charge is -2.34. The number of carbonyl (C=O) groups is 3. The van der Waals surface area contributed by atoms with Crippen LogP contribution in [0.1, 0.15) is 251 Å². The van der Waals surface area contributed by atoms with E-state index in [0.717, 1.165) is 38.5 Å². The first-order valence-corrected chi connectivity index (χ1v) is 25.7. The van der Waals surface area contributed by atoms with Gasteiger partial charge in [0.1, 0.15) is 12.6 Å². The van der Waals surface area contributed by atoms with Gasteiger partial charge in [-0.05, 0) is 38.5 Å². The van der Waals surface area contributed by atoms with E-state index >= 15 is 0 Å². The molecule has 0 fully saturated rings. The number of quaternary nitrogens is 1. The molecule has 0 aromatic rings. The summed E-state index contributed by atoms with van der Waals surface area (Å²) in [5, 5.41) is 11.7. The maximum Gasteiger partial charge on any atom is 0.306 e. The number of ether oxygens (including phenoxy) is 3. The van der Waals surface area contributed by atoms with Crippen molar-refractivity contribution in [1.82, 2.24) is 0 Å². The number of carbonyl (C=O) groups excluding carboxylic acids is 3. The summed E-state index contributed by atoms with van der Waals surface area (Å²) in [7, 11) is 5.43. The van der Waals surface area contributed by atoms with E-state index in [9.17, 15) is 19.5 Å². The van der Waals surface area contributed by atoms with E-state index in [-0.39, 0.29) is 42.7 Å². The predicted molar refractivity (Wildman–Crippen MR) is 250 cm³/mol. The maximum atomic E-state index is 12.8. The van der Waals surface area contributed by atoms with Crippen LogP contribution in [0.3, 0.4) is 0 Å². The number of unbranched alkanes of at least 4 members (excludes halogenated alkanes) is 31. The van der Waals surface area contributed by atoms with Crippen LogP contribution in [0.15, 0.2) is 12.2 Å². The standard InChI is InChI=1S/C52H99NO7/c1-6-8-10-12-14-16-18-20-22-24-25-27-29-31-33-35-37-39-41-43-51(55)60-48(46-58-45-44-49(52(56)57)53(3,4)5)47-59-50(54)42-40-38-36-34-32-30-28-26-23-21-19-17-15-13-11-9-7-2/h21,23,48-49H,6-20,22,24-47H2,1-5H3/b23-21+. The number of allylic oxidation sites excluding steroid dienone is 2. The van der Waals surface area contributed by atoms with Crippen molar-refractivity contribution >= 4 is 17.9 Å². The van der Waals surface area contributed by atoms with Crippen molar-refractivity contribution in [2.24, 2.45) is 0 Å². The second kappa shape index (κ2) is 43.7. The highest BCUT2D eigenvalue weighted by atomic mass is 16.6. The van der Waals surface area contributed by atoms with Crippen LogP contribution in [0.5, 0.6) is 0 Å². The third kappa shape index (κ3) is 41.4. The number of carboxylic acids is 1. The molecule has 0 aliphatic carbocycles. The number of likely N-dealkylation sites (N-methyl/N-ethyl adjacent to an activating group) is 1. The summed E-state index contributed by atoms with van der Waals surface area (Å²) in [5.74, 6) is -1.72. The Bertz CT molecular complexity index is 993. The molecule has 0 spiro atoms. The Hall–Kier alpha value is -1.93. The van der Waals surface area contributed by atoms with Crippen LogP contribution in [0.2, 0.25) is 0 Å². The SMILES string of the molecule is CCCCCCCC/C=C/CCCCCCCCCC(=O)OCC(COCCC(C(=O)[O-])[N+](C)(C)C)OC(=O)CCCCCCCCCCCCCCCCCCCCC. The Morgan fingerprint density at radius 1 is 0.483 bits per heavy atom. The van der Waals surface area contributed by atoms with Gasteiger partial charge in [-0.3, -0.25) is 9.59 Å². The lowest BCUT2D eigenvalue weighted by Crippen LogP contribution is -2.55. The average molecular weight is 850 g/mol. The quantitative estimate of drug-likeness (QED) is 0.0260. The van der Waals surface area contributed by atoms with Crippen LogP contribution in [-0.2, 0) is 28.6 Å². The van der Waals surface area contributed by atoms with E-state index in [4.69, 9.17) is 14.2 Å². The van der Waals surface area contributed by atoms with Crippen molar-refractivity contribution in [1.29, 1.82) is 0 Å². The van der Waals surface area contributed by atoms with Crippen molar-refractivity contribution in [2.45, 2.75) is 264 Å². The summed E-state index contributed by atoms with van der Waals surface area (Å²) in [6.45, 7) is 4.70. The Kier molecular flexibility index (Phi) is 42.3. The van der Waals surface area contributed by atoms with E-state index in [1.165, 1.54) is 180 Å². The fraction of sp³-hybridized carbons (Fsp3) is 0.904. The fourth-order valence-corrected chi connectivity index (χ4v) is 7.89. The molecule has 0 saturated carbocycles. The zero-order chi connectivity index (χ0) is 44.2. The predicted octanol–water partition coefficient (Wildman–Crippen LogP) is 13.3. The molecule has 60 heavy (non-hydrogen) atoms. The summed E-state index contributed by atoms with van der Waals surface area (Å²) in [5.41, 5.74) is 0. The molecule has 0 aromatic heterocycles. The molecule has 0 aliphatic heterocycles. The van der Waals surface area contributed by atoms with E-state index in [0.29, 0.717) is 12.8 Å². The van der Waals surface area contributed by atoms with Gasteiger partial charge in [-0.1, -0.05) is 206 Å². The van der Waals surface area contributed by atoms with Crippen LogP contribution in [-0.4, -0.2) is 75.5 Å². The number of hydrogen-bond donors (Lipinski definition) is 0. The molecule has 2 unspecified atom stereocenters. The molecule has 2 atom stereocenters. The number of hydrogen-bond acceptors (Lipinski definition) is 7. The molecule has 0 heterocycles. The number of aliphatic carboxylic acids is 1. The molecule has 0 saturated heterocycles. The summed E-state index contributed by atoms with van der Waals surface area (Å²) in [6, 6.07) is -0.722. The van der Waals surface area contributed by atoms with Gasteiger partial charge in [0.05, 0.1) is 40.3 Å². The molecular weight excluding hydrogens is 751 g/mol. The Balaban J connectivity index is 4.21. The van der Waals surface area contributed by atoms with Gasteiger partial charge in [-0.15, -0.1) is 0 Å². The third-order valence-electron chi connectivity index (χ3n) is 11.9. The molecule has 354 valence electrons. The first-order chi connectivity index (χ1) is 29.1. The minimum absolute atomic E-state index is 0.0457. The molecule has 0 bridgehead atoms. The normalized spacial score (nSPS) is 12.9. The first kappa shape index (κ1) is 58.1. The highest BCUT2D eigenvalue weighted by Crippen LogP contribution is 2.16. The number of carboxylic acid groups (broad SMARTS) is 1. The second-order valence-corrected chi connectivity index (χ2v) is 18.8.